The lowest BCUT2D eigenvalue weighted by Crippen LogP contribution is -2.48. The van der Waals surface area contributed by atoms with E-state index in [2.05, 4.69) is 29.0 Å². The standard InChI is InChI=1S/C16H28N4O2S.ClH/c1-5-6-16(4,17)14(21)19-15-18-13(10-23-15)9-20-7-11(2)22-12(3)8-20;/h10-12H,5-9,17H2,1-4H3,(H,18,19,21);1H. The summed E-state index contributed by atoms with van der Waals surface area (Å²) in [5.41, 5.74) is 6.17. The molecule has 1 amide bonds. The van der Waals surface area contributed by atoms with Crippen LogP contribution in [0.25, 0.3) is 0 Å². The van der Waals surface area contributed by atoms with E-state index in [1.807, 2.05) is 12.3 Å². The predicted molar refractivity (Wildman–Crippen MR) is 101 cm³/mol. The molecule has 1 aliphatic rings. The second-order valence-corrected chi connectivity index (χ2v) is 7.58. The van der Waals surface area contributed by atoms with Gasteiger partial charge in [-0.3, -0.25) is 9.69 Å². The molecule has 2 rings (SSSR count). The van der Waals surface area contributed by atoms with E-state index >= 15 is 0 Å². The fourth-order valence-corrected chi connectivity index (χ4v) is 3.65. The number of hydrogen-bond donors (Lipinski definition) is 2. The van der Waals surface area contributed by atoms with Crippen LogP contribution in [0.4, 0.5) is 5.13 Å². The highest BCUT2D eigenvalue weighted by Crippen LogP contribution is 2.20. The Labute approximate surface area is 154 Å². The molecular formula is C16H29ClN4O2S. The first-order chi connectivity index (χ1) is 10.8. The lowest BCUT2D eigenvalue weighted by atomic mass is 9.97. The van der Waals surface area contributed by atoms with Crippen LogP contribution in [-0.4, -0.2) is 46.6 Å². The molecule has 0 saturated carbocycles. The number of aromatic nitrogens is 1. The molecule has 0 aliphatic carbocycles. The van der Waals surface area contributed by atoms with E-state index in [-0.39, 0.29) is 30.5 Å². The topological polar surface area (TPSA) is 80.5 Å². The zero-order chi connectivity index (χ0) is 17.0. The Morgan fingerprint density at radius 3 is 2.71 bits per heavy atom. The van der Waals surface area contributed by atoms with Crippen molar-refractivity contribution in [3.63, 3.8) is 0 Å². The molecule has 2 heterocycles. The Kier molecular flexibility index (Phi) is 8.08. The molecule has 0 spiro atoms. The summed E-state index contributed by atoms with van der Waals surface area (Å²) in [6.45, 7) is 10.5. The SMILES string of the molecule is CCCC(C)(N)C(=O)Nc1nc(CN2CC(C)OC(C)C2)cs1.Cl. The Morgan fingerprint density at radius 1 is 1.50 bits per heavy atom. The first kappa shape index (κ1) is 21.3. The minimum absolute atomic E-state index is 0. The third kappa shape index (κ3) is 5.97. The molecule has 24 heavy (non-hydrogen) atoms. The van der Waals surface area contributed by atoms with Crippen LogP contribution in [0.1, 0.15) is 46.2 Å². The first-order valence-electron chi connectivity index (χ1n) is 8.22. The minimum atomic E-state index is -0.852. The molecular weight excluding hydrogens is 348 g/mol. The number of rotatable bonds is 6. The van der Waals surface area contributed by atoms with Crippen LogP contribution >= 0.6 is 23.7 Å². The number of nitrogens with two attached hydrogens (primary N) is 1. The number of nitrogens with one attached hydrogen (secondary N) is 1. The van der Waals surface area contributed by atoms with Crippen molar-refractivity contribution in [3.8, 4) is 0 Å². The Balaban J connectivity index is 0.00000288. The first-order valence-corrected chi connectivity index (χ1v) is 9.10. The van der Waals surface area contributed by atoms with Crippen LogP contribution in [0.2, 0.25) is 0 Å². The van der Waals surface area contributed by atoms with Crippen molar-refractivity contribution < 1.29 is 9.53 Å². The molecule has 0 aromatic carbocycles. The van der Waals surface area contributed by atoms with Gasteiger partial charge in [-0.2, -0.15) is 0 Å². The number of carbonyl (C=O) groups excluding carboxylic acids is 1. The summed E-state index contributed by atoms with van der Waals surface area (Å²) in [7, 11) is 0. The van der Waals surface area contributed by atoms with Gasteiger partial charge in [0.15, 0.2) is 5.13 Å². The molecule has 3 atom stereocenters. The summed E-state index contributed by atoms with van der Waals surface area (Å²) in [6.07, 6.45) is 2.00. The Morgan fingerprint density at radius 2 is 2.12 bits per heavy atom. The van der Waals surface area contributed by atoms with Crippen molar-refractivity contribution in [1.29, 1.82) is 0 Å². The van der Waals surface area contributed by atoms with Crippen molar-refractivity contribution in [1.82, 2.24) is 9.88 Å². The second-order valence-electron chi connectivity index (χ2n) is 6.72. The van der Waals surface area contributed by atoms with Crippen molar-refractivity contribution in [2.24, 2.45) is 5.73 Å². The van der Waals surface area contributed by atoms with Gasteiger partial charge < -0.3 is 15.8 Å². The fraction of sp³-hybridized carbons (Fsp3) is 0.750. The molecule has 0 radical (unpaired) electrons. The maximum absolute atomic E-state index is 12.2. The van der Waals surface area contributed by atoms with Crippen LogP contribution in [-0.2, 0) is 16.1 Å². The molecule has 8 heteroatoms. The van der Waals surface area contributed by atoms with Gasteiger partial charge in [0.05, 0.1) is 23.4 Å². The number of ether oxygens (including phenoxy) is 1. The molecule has 1 aromatic heterocycles. The highest BCUT2D eigenvalue weighted by Gasteiger charge is 2.28. The van der Waals surface area contributed by atoms with Crippen molar-refractivity contribution >= 4 is 34.8 Å². The number of amides is 1. The Bertz CT molecular complexity index is 528. The lowest BCUT2D eigenvalue weighted by molar-refractivity contribution is -0.120. The van der Waals surface area contributed by atoms with Gasteiger partial charge in [-0.1, -0.05) is 13.3 Å². The van der Waals surface area contributed by atoms with Gasteiger partial charge in [0.1, 0.15) is 0 Å². The smallest absolute Gasteiger partial charge is 0.245 e. The molecule has 3 unspecified atom stereocenters. The van der Waals surface area contributed by atoms with Gasteiger partial charge in [0.2, 0.25) is 5.91 Å². The van der Waals surface area contributed by atoms with E-state index < -0.39 is 5.54 Å². The van der Waals surface area contributed by atoms with Crippen molar-refractivity contribution in [3.05, 3.63) is 11.1 Å². The summed E-state index contributed by atoms with van der Waals surface area (Å²) in [6, 6.07) is 0. The van der Waals surface area contributed by atoms with Crippen LogP contribution < -0.4 is 11.1 Å². The van der Waals surface area contributed by atoms with E-state index in [0.29, 0.717) is 11.6 Å². The van der Waals surface area contributed by atoms with E-state index in [9.17, 15) is 4.79 Å². The van der Waals surface area contributed by atoms with Crippen molar-refractivity contribution in [2.75, 3.05) is 18.4 Å². The third-order valence-electron chi connectivity index (χ3n) is 3.94. The summed E-state index contributed by atoms with van der Waals surface area (Å²) in [5, 5.41) is 5.45. The number of anilines is 1. The minimum Gasteiger partial charge on any atom is -0.373 e. The maximum Gasteiger partial charge on any atom is 0.245 e. The van der Waals surface area contributed by atoms with E-state index in [1.54, 1.807) is 6.92 Å². The number of hydrogen-bond acceptors (Lipinski definition) is 6. The monoisotopic (exact) mass is 376 g/mol. The zero-order valence-corrected chi connectivity index (χ0v) is 16.5. The normalized spacial score (nSPS) is 24.0. The van der Waals surface area contributed by atoms with Gasteiger partial charge in [-0.25, -0.2) is 4.98 Å². The van der Waals surface area contributed by atoms with Gasteiger partial charge in [-0.15, -0.1) is 23.7 Å². The number of thiazole rings is 1. The molecule has 1 fully saturated rings. The van der Waals surface area contributed by atoms with E-state index in [4.69, 9.17) is 10.5 Å². The lowest BCUT2D eigenvalue weighted by Gasteiger charge is -2.34. The Hall–Kier alpha value is -0.730. The summed E-state index contributed by atoms with van der Waals surface area (Å²) >= 11 is 1.45. The molecule has 1 aromatic rings. The van der Waals surface area contributed by atoms with Gasteiger partial charge in [-0.05, 0) is 27.2 Å². The summed E-state index contributed by atoms with van der Waals surface area (Å²) in [4.78, 5) is 19.1. The molecule has 1 aliphatic heterocycles. The number of halogens is 1. The molecule has 3 N–H and O–H groups in total. The van der Waals surface area contributed by atoms with Gasteiger partial charge in [0, 0.05) is 25.0 Å². The van der Waals surface area contributed by atoms with E-state index in [1.165, 1.54) is 11.3 Å². The van der Waals surface area contributed by atoms with Crippen molar-refractivity contribution in [2.45, 2.75) is 64.8 Å². The quantitative estimate of drug-likeness (QED) is 0.797. The molecule has 0 bridgehead atoms. The molecule has 1 saturated heterocycles. The van der Waals surface area contributed by atoms with Gasteiger partial charge in [0.25, 0.3) is 0 Å². The van der Waals surface area contributed by atoms with Crippen LogP contribution in [0, 0.1) is 0 Å². The summed E-state index contributed by atoms with van der Waals surface area (Å²) < 4.78 is 5.74. The molecule has 6 nitrogen and oxygen atoms in total. The van der Waals surface area contributed by atoms with Crippen LogP contribution in [0.15, 0.2) is 5.38 Å². The number of nitrogens with zero attached hydrogens (tertiary/aromatic N) is 2. The van der Waals surface area contributed by atoms with E-state index in [0.717, 1.165) is 31.7 Å². The highest BCUT2D eigenvalue weighted by molar-refractivity contribution is 7.13. The average Bonchev–Trinajstić information content (AvgIpc) is 2.84. The van der Waals surface area contributed by atoms with Crippen LogP contribution in [0.3, 0.4) is 0 Å². The van der Waals surface area contributed by atoms with Crippen LogP contribution in [0.5, 0.6) is 0 Å². The summed E-state index contributed by atoms with van der Waals surface area (Å²) in [5.74, 6) is -0.172. The fourth-order valence-electron chi connectivity index (χ4n) is 2.95. The van der Waals surface area contributed by atoms with Gasteiger partial charge >= 0.3 is 0 Å². The largest absolute Gasteiger partial charge is 0.373 e. The zero-order valence-electron chi connectivity index (χ0n) is 14.9. The number of carbonyl (C=O) groups is 1. The third-order valence-corrected chi connectivity index (χ3v) is 4.75. The number of morpholine rings is 1. The predicted octanol–water partition coefficient (Wildman–Crippen LogP) is 2.63. The highest BCUT2D eigenvalue weighted by atomic mass is 35.5. The average molecular weight is 377 g/mol. The second kappa shape index (κ2) is 9.10. The maximum atomic E-state index is 12.2. The molecule has 138 valence electrons.